The van der Waals surface area contributed by atoms with Crippen molar-refractivity contribution >= 4 is 5.91 Å². The first-order chi connectivity index (χ1) is 12.3. The highest BCUT2D eigenvalue weighted by molar-refractivity contribution is 6.01. The molecule has 1 aliphatic heterocycles. The molecule has 1 fully saturated rings. The average molecular weight is 366 g/mol. The zero-order chi connectivity index (χ0) is 18.7. The van der Waals surface area contributed by atoms with Gasteiger partial charge >= 0.3 is 6.18 Å². The van der Waals surface area contributed by atoms with E-state index in [0.717, 1.165) is 50.2 Å². The second kappa shape index (κ2) is 7.45. The lowest BCUT2D eigenvalue weighted by Gasteiger charge is -2.24. The fraction of sp³-hybridized carbons (Fsp3) is 0.316. The van der Waals surface area contributed by atoms with E-state index in [9.17, 15) is 22.4 Å². The summed E-state index contributed by atoms with van der Waals surface area (Å²) in [6.07, 6.45) is -2.99. The summed E-state index contributed by atoms with van der Waals surface area (Å²) in [7, 11) is 0. The molecule has 0 radical (unpaired) electrons. The number of nitrogens with one attached hydrogen (secondary N) is 2. The van der Waals surface area contributed by atoms with Crippen LogP contribution in [0.3, 0.4) is 0 Å². The number of halogens is 4. The fourth-order valence-electron chi connectivity index (χ4n) is 3.05. The summed E-state index contributed by atoms with van der Waals surface area (Å²) in [5.74, 6) is -1.10. The van der Waals surface area contributed by atoms with Crippen LogP contribution in [0.5, 0.6) is 0 Å². The third-order valence-corrected chi connectivity index (χ3v) is 4.40. The van der Waals surface area contributed by atoms with E-state index in [1.54, 1.807) is 0 Å². The molecule has 0 bridgehead atoms. The first-order valence-electron chi connectivity index (χ1n) is 8.33. The third kappa shape index (κ3) is 4.22. The molecule has 1 amide bonds. The number of hydrogen-bond donors (Lipinski definition) is 2. The van der Waals surface area contributed by atoms with Gasteiger partial charge in [0.2, 0.25) is 0 Å². The van der Waals surface area contributed by atoms with Crippen molar-refractivity contribution in [2.24, 2.45) is 0 Å². The predicted molar refractivity (Wildman–Crippen MR) is 90.2 cm³/mol. The summed E-state index contributed by atoms with van der Waals surface area (Å²) in [6, 6.07) is 8.17. The first-order valence-corrected chi connectivity index (χ1v) is 8.33. The number of carbonyl (C=O) groups is 1. The average Bonchev–Trinajstić information content (AvgIpc) is 2.62. The molecule has 2 aromatic rings. The molecule has 0 spiro atoms. The zero-order valence-electron chi connectivity index (χ0n) is 13.9. The number of hydrogen-bond acceptors (Lipinski definition) is 2. The van der Waals surface area contributed by atoms with Crippen LogP contribution < -0.4 is 10.6 Å². The quantitative estimate of drug-likeness (QED) is 0.807. The Kier molecular flexibility index (Phi) is 5.27. The van der Waals surface area contributed by atoms with Crippen molar-refractivity contribution in [1.29, 1.82) is 0 Å². The Bertz CT molecular complexity index is 798. The van der Waals surface area contributed by atoms with Gasteiger partial charge in [0.05, 0.1) is 11.1 Å². The molecule has 0 aromatic heterocycles. The molecule has 1 aliphatic rings. The summed E-state index contributed by atoms with van der Waals surface area (Å²) < 4.78 is 52.6. The lowest BCUT2D eigenvalue weighted by Crippen LogP contribution is -2.42. The molecule has 1 heterocycles. The summed E-state index contributed by atoms with van der Waals surface area (Å²) >= 11 is 0. The van der Waals surface area contributed by atoms with Crippen molar-refractivity contribution in [2.75, 3.05) is 13.1 Å². The smallest absolute Gasteiger partial charge is 0.349 e. The molecular weight excluding hydrogens is 348 g/mol. The largest absolute Gasteiger partial charge is 0.416 e. The normalized spacial score (nSPS) is 15.7. The van der Waals surface area contributed by atoms with Crippen molar-refractivity contribution in [3.05, 3.63) is 59.4 Å². The Labute approximate surface area is 148 Å². The van der Waals surface area contributed by atoms with Crippen LogP contribution in [0.15, 0.2) is 42.5 Å². The van der Waals surface area contributed by atoms with E-state index < -0.39 is 23.5 Å². The van der Waals surface area contributed by atoms with Gasteiger partial charge in [-0.05, 0) is 61.3 Å². The number of rotatable bonds is 3. The highest BCUT2D eigenvalue weighted by Gasteiger charge is 2.30. The molecule has 138 valence electrons. The molecule has 7 heteroatoms. The maximum Gasteiger partial charge on any atom is 0.416 e. The summed E-state index contributed by atoms with van der Waals surface area (Å²) in [5, 5.41) is 6.03. The Hall–Kier alpha value is -2.41. The third-order valence-electron chi connectivity index (χ3n) is 4.40. The van der Waals surface area contributed by atoms with Crippen molar-refractivity contribution in [1.82, 2.24) is 10.6 Å². The van der Waals surface area contributed by atoms with Gasteiger partial charge in [0.15, 0.2) is 0 Å². The van der Waals surface area contributed by atoms with Gasteiger partial charge in [0.25, 0.3) is 5.91 Å². The minimum absolute atomic E-state index is 0.0304. The predicted octanol–water partition coefficient (Wildman–Crippen LogP) is 3.99. The molecular formula is C19H18F4N2O. The van der Waals surface area contributed by atoms with Crippen LogP contribution in [0.1, 0.15) is 28.8 Å². The molecule has 2 N–H and O–H groups in total. The minimum Gasteiger partial charge on any atom is -0.349 e. The molecule has 26 heavy (non-hydrogen) atoms. The van der Waals surface area contributed by atoms with E-state index >= 15 is 0 Å². The van der Waals surface area contributed by atoms with Gasteiger partial charge in [-0.2, -0.15) is 13.2 Å². The summed E-state index contributed by atoms with van der Waals surface area (Å²) in [4.78, 5) is 12.6. The highest BCUT2D eigenvalue weighted by Crippen LogP contribution is 2.33. The van der Waals surface area contributed by atoms with Crippen LogP contribution in [-0.4, -0.2) is 25.0 Å². The highest BCUT2D eigenvalue weighted by atomic mass is 19.4. The van der Waals surface area contributed by atoms with Crippen LogP contribution in [0, 0.1) is 5.82 Å². The van der Waals surface area contributed by atoms with Crippen molar-refractivity contribution in [3.63, 3.8) is 0 Å². The molecule has 2 aromatic carbocycles. The van der Waals surface area contributed by atoms with Crippen molar-refractivity contribution in [2.45, 2.75) is 25.1 Å². The van der Waals surface area contributed by atoms with Gasteiger partial charge in [0.1, 0.15) is 5.82 Å². The fourth-order valence-corrected chi connectivity index (χ4v) is 3.05. The van der Waals surface area contributed by atoms with E-state index in [0.29, 0.717) is 0 Å². The Morgan fingerprint density at radius 1 is 1.08 bits per heavy atom. The standard InChI is InChI=1S/C19H18F4N2O/c20-14-4-5-16(12-2-1-3-13(10-12)19(21,22)23)17(11-14)18(26)25-15-6-8-24-9-7-15/h1-5,10-11,15,24H,6-9H2,(H,25,26). The number of piperidine rings is 1. The van der Waals surface area contributed by atoms with Crippen molar-refractivity contribution < 1.29 is 22.4 Å². The summed E-state index contributed by atoms with van der Waals surface area (Å²) in [6.45, 7) is 1.54. The monoisotopic (exact) mass is 366 g/mol. The first kappa shape index (κ1) is 18.4. The van der Waals surface area contributed by atoms with E-state index in [4.69, 9.17) is 0 Å². The van der Waals surface area contributed by atoms with Crippen LogP contribution >= 0.6 is 0 Å². The number of carbonyl (C=O) groups excluding carboxylic acids is 1. The van der Waals surface area contributed by atoms with E-state index in [2.05, 4.69) is 10.6 Å². The Morgan fingerprint density at radius 3 is 2.50 bits per heavy atom. The molecule has 0 atom stereocenters. The van der Waals surface area contributed by atoms with Gasteiger partial charge in [-0.3, -0.25) is 4.79 Å². The summed E-state index contributed by atoms with van der Waals surface area (Å²) in [5.41, 5.74) is -0.300. The molecule has 3 nitrogen and oxygen atoms in total. The molecule has 0 aliphatic carbocycles. The van der Waals surface area contributed by atoms with E-state index in [1.807, 2.05) is 0 Å². The second-order valence-electron chi connectivity index (χ2n) is 6.27. The SMILES string of the molecule is O=C(NC1CCNCC1)c1cc(F)ccc1-c1cccc(C(F)(F)F)c1. The van der Waals surface area contributed by atoms with Gasteiger partial charge in [-0.25, -0.2) is 4.39 Å². The van der Waals surface area contributed by atoms with Gasteiger partial charge < -0.3 is 10.6 Å². The van der Waals surface area contributed by atoms with Crippen LogP contribution in [0.2, 0.25) is 0 Å². The molecule has 0 saturated carbocycles. The maximum atomic E-state index is 13.7. The maximum absolute atomic E-state index is 13.7. The molecule has 3 rings (SSSR count). The van der Waals surface area contributed by atoms with Gasteiger partial charge in [-0.15, -0.1) is 0 Å². The van der Waals surface area contributed by atoms with Gasteiger partial charge in [-0.1, -0.05) is 18.2 Å². The molecule has 0 unspecified atom stereocenters. The Morgan fingerprint density at radius 2 is 1.81 bits per heavy atom. The lowest BCUT2D eigenvalue weighted by molar-refractivity contribution is -0.137. The van der Waals surface area contributed by atoms with Crippen LogP contribution in [0.4, 0.5) is 17.6 Å². The number of benzene rings is 2. The van der Waals surface area contributed by atoms with Crippen molar-refractivity contribution in [3.8, 4) is 11.1 Å². The van der Waals surface area contributed by atoms with Crippen LogP contribution in [0.25, 0.3) is 11.1 Å². The van der Waals surface area contributed by atoms with Gasteiger partial charge in [0, 0.05) is 6.04 Å². The lowest BCUT2D eigenvalue weighted by atomic mass is 9.96. The van der Waals surface area contributed by atoms with Crippen LogP contribution in [-0.2, 0) is 6.18 Å². The molecule has 1 saturated heterocycles. The number of alkyl halides is 3. The van der Waals surface area contributed by atoms with E-state index in [1.165, 1.54) is 18.2 Å². The zero-order valence-corrected chi connectivity index (χ0v) is 13.9. The minimum atomic E-state index is -4.49. The van der Waals surface area contributed by atoms with E-state index in [-0.39, 0.29) is 22.7 Å². The second-order valence-corrected chi connectivity index (χ2v) is 6.27. The topological polar surface area (TPSA) is 41.1 Å². The number of amides is 1. The Balaban J connectivity index is 1.94.